The third-order valence-electron chi connectivity index (χ3n) is 4.02. The van der Waals surface area contributed by atoms with Gasteiger partial charge in [0.15, 0.2) is 6.61 Å². The first kappa shape index (κ1) is 23.0. The summed E-state index contributed by atoms with van der Waals surface area (Å²) < 4.78 is 15.3. The molecule has 12 heteroatoms. The lowest BCUT2D eigenvalue weighted by Crippen LogP contribution is -2.22. The largest absolute Gasteiger partial charge is 0.464 e. The minimum atomic E-state index is -1.07. The predicted molar refractivity (Wildman–Crippen MR) is 115 cm³/mol. The van der Waals surface area contributed by atoms with Gasteiger partial charge in [0, 0.05) is 22.0 Å². The fraction of sp³-hybridized carbons (Fsp3) is 0.150. The van der Waals surface area contributed by atoms with Gasteiger partial charge in [-0.2, -0.15) is 0 Å². The predicted octanol–water partition coefficient (Wildman–Crippen LogP) is 4.54. The molecule has 0 fully saturated rings. The maximum absolute atomic E-state index is 12.4. The van der Waals surface area contributed by atoms with Crippen molar-refractivity contribution in [2.45, 2.75) is 6.92 Å². The molecule has 0 saturated heterocycles. The number of nitro groups is 1. The number of carbonyl (C=O) groups excluding carboxylic acids is 3. The van der Waals surface area contributed by atoms with Crippen molar-refractivity contribution < 1.29 is 33.2 Å². The number of esters is 2. The molecule has 2 aromatic heterocycles. The molecule has 10 nitrogen and oxygen atoms in total. The number of furan rings is 1. The minimum Gasteiger partial charge on any atom is -0.464 e. The Morgan fingerprint density at radius 1 is 1.22 bits per heavy atom. The number of hydrogen-bond acceptors (Lipinski definition) is 9. The van der Waals surface area contributed by atoms with Crippen molar-refractivity contribution in [3.8, 4) is 11.3 Å². The quantitative estimate of drug-likeness (QED) is 0.283. The summed E-state index contributed by atoms with van der Waals surface area (Å²) in [7, 11) is 0. The molecule has 1 N–H and O–H groups in total. The molecular formula is C20H15ClN2O8S. The molecule has 0 spiro atoms. The summed E-state index contributed by atoms with van der Waals surface area (Å²) in [6.45, 7) is 1.02. The van der Waals surface area contributed by atoms with Crippen molar-refractivity contribution in [1.29, 1.82) is 0 Å². The number of nitro benzene ring substituents is 1. The van der Waals surface area contributed by atoms with E-state index in [9.17, 15) is 24.5 Å². The molecule has 0 aliphatic heterocycles. The van der Waals surface area contributed by atoms with E-state index in [0.29, 0.717) is 11.3 Å². The lowest BCUT2D eigenvalue weighted by atomic mass is 10.1. The van der Waals surface area contributed by atoms with Gasteiger partial charge in [0.1, 0.15) is 21.9 Å². The SMILES string of the molecule is CCOC(=O)c1c(-c2ccco2)csc1NC(=O)COC(=O)c1ccc(Cl)cc1[N+](=O)[O-]. The molecule has 0 radical (unpaired) electrons. The van der Waals surface area contributed by atoms with E-state index in [1.54, 1.807) is 24.4 Å². The molecule has 1 aromatic carbocycles. The summed E-state index contributed by atoms with van der Waals surface area (Å²) in [5.74, 6) is -2.08. The van der Waals surface area contributed by atoms with Crippen LogP contribution in [-0.4, -0.2) is 36.0 Å². The van der Waals surface area contributed by atoms with Crippen LogP contribution in [0.3, 0.4) is 0 Å². The van der Waals surface area contributed by atoms with Crippen molar-refractivity contribution in [2.75, 3.05) is 18.5 Å². The topological polar surface area (TPSA) is 138 Å². The van der Waals surface area contributed by atoms with Crippen LogP contribution in [-0.2, 0) is 14.3 Å². The highest BCUT2D eigenvalue weighted by Crippen LogP contribution is 2.36. The zero-order chi connectivity index (χ0) is 23.3. The molecule has 0 bridgehead atoms. The fourth-order valence-electron chi connectivity index (χ4n) is 2.67. The second-order valence-corrected chi connectivity index (χ2v) is 7.41. The monoisotopic (exact) mass is 478 g/mol. The Labute approximate surface area is 189 Å². The van der Waals surface area contributed by atoms with Crippen LogP contribution in [0, 0.1) is 10.1 Å². The van der Waals surface area contributed by atoms with Crippen molar-refractivity contribution >= 4 is 51.5 Å². The number of nitrogens with zero attached hydrogens (tertiary/aromatic N) is 1. The molecule has 0 unspecified atom stereocenters. The summed E-state index contributed by atoms with van der Waals surface area (Å²) in [6, 6.07) is 6.73. The van der Waals surface area contributed by atoms with Crippen LogP contribution in [0.2, 0.25) is 5.02 Å². The first-order chi connectivity index (χ1) is 15.3. The van der Waals surface area contributed by atoms with E-state index >= 15 is 0 Å². The van der Waals surface area contributed by atoms with Crippen LogP contribution in [0.15, 0.2) is 46.4 Å². The van der Waals surface area contributed by atoms with Gasteiger partial charge >= 0.3 is 11.9 Å². The summed E-state index contributed by atoms with van der Waals surface area (Å²) in [5.41, 5.74) is -0.369. The number of nitrogens with one attached hydrogen (secondary N) is 1. The van der Waals surface area contributed by atoms with E-state index in [-0.39, 0.29) is 27.8 Å². The average Bonchev–Trinajstić information content (AvgIpc) is 3.42. The van der Waals surface area contributed by atoms with Crippen molar-refractivity contribution in [3.05, 3.63) is 68.2 Å². The van der Waals surface area contributed by atoms with Crippen LogP contribution in [0.4, 0.5) is 10.7 Å². The fourth-order valence-corrected chi connectivity index (χ4v) is 3.79. The molecule has 1 amide bonds. The van der Waals surface area contributed by atoms with Gasteiger partial charge in [0.2, 0.25) is 0 Å². The van der Waals surface area contributed by atoms with Crippen molar-refractivity contribution in [3.63, 3.8) is 0 Å². The Morgan fingerprint density at radius 2 is 2.00 bits per heavy atom. The normalized spacial score (nSPS) is 10.4. The van der Waals surface area contributed by atoms with Gasteiger partial charge in [0.05, 0.1) is 17.8 Å². The second kappa shape index (κ2) is 10.1. The maximum atomic E-state index is 12.4. The van der Waals surface area contributed by atoms with Gasteiger partial charge in [-0.05, 0) is 31.2 Å². The van der Waals surface area contributed by atoms with Gasteiger partial charge in [-0.25, -0.2) is 9.59 Å². The number of hydrogen-bond donors (Lipinski definition) is 1. The van der Waals surface area contributed by atoms with E-state index < -0.39 is 35.1 Å². The zero-order valence-corrected chi connectivity index (χ0v) is 18.0. The maximum Gasteiger partial charge on any atom is 0.345 e. The third kappa shape index (κ3) is 5.13. The molecule has 0 atom stereocenters. The number of carbonyl (C=O) groups is 3. The Balaban J connectivity index is 1.74. The van der Waals surface area contributed by atoms with Crippen LogP contribution in [0.25, 0.3) is 11.3 Å². The molecule has 32 heavy (non-hydrogen) atoms. The Hall–Kier alpha value is -3.70. The van der Waals surface area contributed by atoms with Gasteiger partial charge in [-0.15, -0.1) is 11.3 Å². The second-order valence-electron chi connectivity index (χ2n) is 6.09. The first-order valence-corrected chi connectivity index (χ1v) is 10.3. The van der Waals surface area contributed by atoms with Gasteiger partial charge in [-0.3, -0.25) is 14.9 Å². The molecule has 2 heterocycles. The minimum absolute atomic E-state index is 0.0718. The number of anilines is 1. The molecule has 0 aliphatic carbocycles. The van der Waals surface area contributed by atoms with Crippen molar-refractivity contribution in [2.24, 2.45) is 0 Å². The number of amides is 1. The highest BCUT2D eigenvalue weighted by atomic mass is 35.5. The summed E-state index contributed by atoms with van der Waals surface area (Å²) in [4.78, 5) is 47.3. The third-order valence-corrected chi connectivity index (χ3v) is 5.15. The molecule has 0 aliphatic rings. The van der Waals surface area contributed by atoms with E-state index in [4.69, 9.17) is 25.5 Å². The molecular weight excluding hydrogens is 464 g/mol. The van der Waals surface area contributed by atoms with Crippen LogP contribution in [0.1, 0.15) is 27.6 Å². The summed E-state index contributed by atoms with van der Waals surface area (Å²) in [6.07, 6.45) is 1.44. The highest BCUT2D eigenvalue weighted by Gasteiger charge is 2.25. The molecule has 3 aromatic rings. The van der Waals surface area contributed by atoms with Crippen molar-refractivity contribution in [1.82, 2.24) is 0 Å². The number of halogens is 1. The van der Waals surface area contributed by atoms with E-state index in [1.165, 1.54) is 12.3 Å². The molecule has 0 saturated carbocycles. The number of rotatable bonds is 8. The lowest BCUT2D eigenvalue weighted by molar-refractivity contribution is -0.385. The Morgan fingerprint density at radius 3 is 2.66 bits per heavy atom. The van der Waals surface area contributed by atoms with Crippen LogP contribution >= 0.6 is 22.9 Å². The van der Waals surface area contributed by atoms with E-state index in [1.807, 2.05) is 0 Å². The van der Waals surface area contributed by atoms with E-state index in [2.05, 4.69) is 5.32 Å². The van der Waals surface area contributed by atoms with Gasteiger partial charge in [0.25, 0.3) is 11.6 Å². The molecule has 166 valence electrons. The average molecular weight is 479 g/mol. The summed E-state index contributed by atoms with van der Waals surface area (Å²) in [5, 5.41) is 15.5. The lowest BCUT2D eigenvalue weighted by Gasteiger charge is -2.09. The first-order valence-electron chi connectivity index (χ1n) is 9.05. The Bertz CT molecular complexity index is 1170. The number of ether oxygens (including phenoxy) is 2. The number of benzene rings is 1. The molecule has 3 rings (SSSR count). The van der Waals surface area contributed by atoms with Crippen LogP contribution in [0.5, 0.6) is 0 Å². The van der Waals surface area contributed by atoms with Gasteiger partial charge in [-0.1, -0.05) is 11.6 Å². The zero-order valence-electron chi connectivity index (χ0n) is 16.5. The number of thiophene rings is 1. The highest BCUT2D eigenvalue weighted by molar-refractivity contribution is 7.15. The van der Waals surface area contributed by atoms with Crippen LogP contribution < -0.4 is 5.32 Å². The summed E-state index contributed by atoms with van der Waals surface area (Å²) >= 11 is 6.78. The van der Waals surface area contributed by atoms with Gasteiger partial charge < -0.3 is 19.2 Å². The smallest absolute Gasteiger partial charge is 0.345 e. The standard InChI is InChI=1S/C20H15ClN2O8S/c1-2-29-20(26)17-13(15-4-3-7-30-15)10-32-18(17)22-16(24)9-31-19(25)12-6-5-11(21)8-14(12)23(27)28/h3-8,10H,2,9H2,1H3,(H,22,24). The Kier molecular flexibility index (Phi) is 7.23. The van der Waals surface area contributed by atoms with E-state index in [0.717, 1.165) is 23.5 Å².